The van der Waals surface area contributed by atoms with Gasteiger partial charge in [-0.15, -0.1) is 0 Å². The number of halogens is 1. The quantitative estimate of drug-likeness (QED) is 0.801. The Morgan fingerprint density at radius 3 is 2.57 bits per heavy atom. The summed E-state index contributed by atoms with van der Waals surface area (Å²) >= 11 is 5.79. The Kier molecular flexibility index (Phi) is 5.64. The molecular formula is C17H18ClNO2. The molecule has 2 aromatic carbocycles. The van der Waals surface area contributed by atoms with Crippen LogP contribution < -0.4 is 10.1 Å². The second kappa shape index (κ2) is 7.70. The van der Waals surface area contributed by atoms with Crippen LogP contribution >= 0.6 is 11.6 Å². The van der Waals surface area contributed by atoms with Crippen LogP contribution in [0.15, 0.2) is 48.5 Å². The summed E-state index contributed by atoms with van der Waals surface area (Å²) in [6, 6.07) is 14.9. The second-order valence-corrected chi connectivity index (χ2v) is 5.21. The van der Waals surface area contributed by atoms with Crippen molar-refractivity contribution in [2.45, 2.75) is 19.8 Å². The van der Waals surface area contributed by atoms with Gasteiger partial charge in [-0.3, -0.25) is 4.79 Å². The summed E-state index contributed by atoms with van der Waals surface area (Å²) in [5.41, 5.74) is 1.85. The maximum Gasteiger partial charge on any atom is 0.224 e. The third-order valence-corrected chi connectivity index (χ3v) is 3.28. The molecule has 0 heterocycles. The molecule has 0 radical (unpaired) electrons. The summed E-state index contributed by atoms with van der Waals surface area (Å²) in [5.74, 6) is 0.848. The zero-order chi connectivity index (χ0) is 15.1. The van der Waals surface area contributed by atoms with Gasteiger partial charge in [-0.25, -0.2) is 0 Å². The van der Waals surface area contributed by atoms with Gasteiger partial charge < -0.3 is 10.1 Å². The van der Waals surface area contributed by atoms with Crippen molar-refractivity contribution in [3.05, 3.63) is 59.1 Å². The molecule has 0 bridgehead atoms. The van der Waals surface area contributed by atoms with Crippen LogP contribution in [0.5, 0.6) is 5.75 Å². The number of nitrogens with one attached hydrogen (secondary N) is 1. The van der Waals surface area contributed by atoms with Gasteiger partial charge in [0.2, 0.25) is 5.91 Å². The van der Waals surface area contributed by atoms with Crippen molar-refractivity contribution in [3.8, 4) is 5.75 Å². The monoisotopic (exact) mass is 303 g/mol. The van der Waals surface area contributed by atoms with E-state index in [0.717, 1.165) is 17.0 Å². The summed E-state index contributed by atoms with van der Waals surface area (Å²) in [4.78, 5) is 11.8. The molecule has 0 unspecified atom stereocenters. The van der Waals surface area contributed by atoms with E-state index in [9.17, 15) is 4.79 Å². The van der Waals surface area contributed by atoms with Crippen molar-refractivity contribution < 1.29 is 9.53 Å². The molecule has 0 aliphatic carbocycles. The van der Waals surface area contributed by atoms with Crippen LogP contribution in [-0.4, -0.2) is 12.5 Å². The Labute approximate surface area is 129 Å². The van der Waals surface area contributed by atoms with Gasteiger partial charge in [-0.05, 0) is 49.2 Å². The first-order valence-corrected chi connectivity index (χ1v) is 7.27. The summed E-state index contributed by atoms with van der Waals surface area (Å²) in [6.45, 7) is 2.53. The smallest absolute Gasteiger partial charge is 0.224 e. The van der Waals surface area contributed by atoms with Gasteiger partial charge in [0.15, 0.2) is 0 Å². The zero-order valence-electron chi connectivity index (χ0n) is 11.9. The van der Waals surface area contributed by atoms with Gasteiger partial charge in [0.25, 0.3) is 0 Å². The molecule has 110 valence electrons. The highest BCUT2D eigenvalue weighted by Crippen LogP contribution is 2.17. The van der Waals surface area contributed by atoms with Crippen molar-refractivity contribution in [2.24, 2.45) is 0 Å². The number of amides is 1. The predicted molar refractivity (Wildman–Crippen MR) is 86.0 cm³/mol. The zero-order valence-corrected chi connectivity index (χ0v) is 12.7. The van der Waals surface area contributed by atoms with E-state index in [1.807, 2.05) is 31.2 Å². The molecule has 0 atom stereocenters. The lowest BCUT2D eigenvalue weighted by Crippen LogP contribution is -2.12. The molecule has 1 amide bonds. The minimum Gasteiger partial charge on any atom is -0.493 e. The molecule has 0 fully saturated rings. The van der Waals surface area contributed by atoms with Gasteiger partial charge in [-0.1, -0.05) is 29.8 Å². The molecule has 21 heavy (non-hydrogen) atoms. The molecule has 0 spiro atoms. The number of hydrogen-bond acceptors (Lipinski definition) is 2. The lowest BCUT2D eigenvalue weighted by Gasteiger charge is -2.09. The van der Waals surface area contributed by atoms with E-state index < -0.39 is 0 Å². The molecule has 0 saturated carbocycles. The van der Waals surface area contributed by atoms with E-state index in [0.29, 0.717) is 24.5 Å². The molecule has 1 N–H and O–H groups in total. The van der Waals surface area contributed by atoms with Crippen molar-refractivity contribution >= 4 is 23.2 Å². The van der Waals surface area contributed by atoms with Crippen LogP contribution in [0.1, 0.15) is 18.4 Å². The molecule has 0 aliphatic heterocycles. The third kappa shape index (κ3) is 5.12. The van der Waals surface area contributed by atoms with Crippen LogP contribution in [0, 0.1) is 6.92 Å². The minimum atomic E-state index is -0.0225. The first kappa shape index (κ1) is 15.4. The van der Waals surface area contributed by atoms with Crippen LogP contribution in [0.25, 0.3) is 0 Å². The average Bonchev–Trinajstić information content (AvgIpc) is 2.48. The van der Waals surface area contributed by atoms with Gasteiger partial charge in [0.05, 0.1) is 6.61 Å². The minimum absolute atomic E-state index is 0.0225. The van der Waals surface area contributed by atoms with Crippen LogP contribution in [0.2, 0.25) is 5.02 Å². The Morgan fingerprint density at radius 2 is 1.86 bits per heavy atom. The normalized spacial score (nSPS) is 10.2. The van der Waals surface area contributed by atoms with Crippen LogP contribution in [-0.2, 0) is 4.79 Å². The fourth-order valence-corrected chi connectivity index (χ4v) is 2.02. The maximum atomic E-state index is 11.8. The highest BCUT2D eigenvalue weighted by molar-refractivity contribution is 6.30. The fourth-order valence-electron chi connectivity index (χ4n) is 1.89. The van der Waals surface area contributed by atoms with Gasteiger partial charge in [0, 0.05) is 17.1 Å². The second-order valence-electron chi connectivity index (χ2n) is 4.77. The Hall–Kier alpha value is -2.00. The highest BCUT2D eigenvalue weighted by Gasteiger charge is 2.03. The maximum absolute atomic E-state index is 11.8. The highest BCUT2D eigenvalue weighted by atomic mass is 35.5. The summed E-state index contributed by atoms with van der Waals surface area (Å²) in [6.07, 6.45) is 1.10. The largest absolute Gasteiger partial charge is 0.493 e. The number of hydrogen-bond donors (Lipinski definition) is 1. The molecule has 0 aromatic heterocycles. The number of anilines is 1. The third-order valence-electron chi connectivity index (χ3n) is 3.03. The lowest BCUT2D eigenvalue weighted by molar-refractivity contribution is -0.116. The fraction of sp³-hybridized carbons (Fsp3) is 0.235. The standard InChI is InChI=1S/C17H18ClNO2/c1-13-5-2-3-6-16(13)21-12-4-7-17(20)19-15-10-8-14(18)9-11-15/h2-3,5-6,8-11H,4,7,12H2,1H3,(H,19,20). The van der Waals surface area contributed by atoms with Crippen molar-refractivity contribution in [3.63, 3.8) is 0 Å². The molecule has 3 nitrogen and oxygen atoms in total. The lowest BCUT2D eigenvalue weighted by atomic mass is 10.2. The van der Waals surface area contributed by atoms with E-state index in [1.54, 1.807) is 24.3 Å². The average molecular weight is 304 g/mol. The van der Waals surface area contributed by atoms with Crippen LogP contribution in [0.3, 0.4) is 0 Å². The van der Waals surface area contributed by atoms with Gasteiger partial charge >= 0.3 is 0 Å². The number of benzene rings is 2. The van der Waals surface area contributed by atoms with E-state index >= 15 is 0 Å². The summed E-state index contributed by atoms with van der Waals surface area (Å²) in [7, 11) is 0. The van der Waals surface area contributed by atoms with Crippen molar-refractivity contribution in [2.75, 3.05) is 11.9 Å². The topological polar surface area (TPSA) is 38.3 Å². The van der Waals surface area contributed by atoms with E-state index in [4.69, 9.17) is 16.3 Å². The van der Waals surface area contributed by atoms with Gasteiger partial charge in [-0.2, -0.15) is 0 Å². The summed E-state index contributed by atoms with van der Waals surface area (Å²) < 4.78 is 5.66. The number of carbonyl (C=O) groups is 1. The Balaban J connectivity index is 1.70. The number of aryl methyl sites for hydroxylation is 1. The number of rotatable bonds is 6. The predicted octanol–water partition coefficient (Wildman–Crippen LogP) is 4.45. The van der Waals surface area contributed by atoms with Gasteiger partial charge in [0.1, 0.15) is 5.75 Å². The molecule has 0 saturated heterocycles. The van der Waals surface area contributed by atoms with Crippen molar-refractivity contribution in [1.82, 2.24) is 0 Å². The molecule has 2 rings (SSSR count). The van der Waals surface area contributed by atoms with E-state index in [-0.39, 0.29) is 5.91 Å². The number of ether oxygens (including phenoxy) is 1. The first-order valence-electron chi connectivity index (χ1n) is 6.89. The molecular weight excluding hydrogens is 286 g/mol. The van der Waals surface area contributed by atoms with Crippen molar-refractivity contribution in [1.29, 1.82) is 0 Å². The van der Waals surface area contributed by atoms with E-state index in [2.05, 4.69) is 5.32 Å². The number of carbonyl (C=O) groups excluding carboxylic acids is 1. The molecule has 2 aromatic rings. The summed E-state index contributed by atoms with van der Waals surface area (Å²) in [5, 5.41) is 3.48. The Bertz CT molecular complexity index is 596. The first-order chi connectivity index (χ1) is 10.1. The SMILES string of the molecule is Cc1ccccc1OCCCC(=O)Nc1ccc(Cl)cc1. The number of para-hydroxylation sites is 1. The molecule has 4 heteroatoms. The van der Waals surface area contributed by atoms with E-state index in [1.165, 1.54) is 0 Å². The van der Waals surface area contributed by atoms with Crippen LogP contribution in [0.4, 0.5) is 5.69 Å². The molecule has 0 aliphatic rings. The Morgan fingerprint density at radius 1 is 1.14 bits per heavy atom.